The fraction of sp³-hybridized carbons (Fsp3) is 0.333. The number of amides is 1. The lowest BCUT2D eigenvalue weighted by atomic mass is 10.2. The van der Waals surface area contributed by atoms with Crippen LogP contribution in [0.25, 0.3) is 10.1 Å². The number of rotatable bonds is 7. The van der Waals surface area contributed by atoms with Crippen LogP contribution in [0.1, 0.15) is 16.8 Å². The van der Waals surface area contributed by atoms with Crippen LogP contribution in [0.15, 0.2) is 48.5 Å². The van der Waals surface area contributed by atoms with Gasteiger partial charge in [-0.05, 0) is 42.2 Å². The highest BCUT2D eigenvalue weighted by molar-refractivity contribution is 7.13. The van der Waals surface area contributed by atoms with Crippen LogP contribution >= 0.6 is 11.5 Å². The number of aromatic nitrogens is 1. The van der Waals surface area contributed by atoms with Crippen molar-refractivity contribution in [2.45, 2.75) is 6.42 Å². The van der Waals surface area contributed by atoms with Gasteiger partial charge >= 0.3 is 0 Å². The molecule has 0 atom stereocenters. The number of nitrogens with two attached hydrogens (primary N) is 1. The first kappa shape index (κ1) is 19.6. The van der Waals surface area contributed by atoms with Gasteiger partial charge in [-0.2, -0.15) is 4.37 Å². The second kappa shape index (κ2) is 9.21. The summed E-state index contributed by atoms with van der Waals surface area (Å²) in [6.45, 7) is 5.35. The first-order valence-corrected chi connectivity index (χ1v) is 10.6. The number of anilines is 2. The van der Waals surface area contributed by atoms with Crippen molar-refractivity contribution in [3.05, 3.63) is 54.1 Å². The number of fused-ring (bicyclic) bond motifs is 1. The molecule has 2 heterocycles. The molecule has 0 bridgehead atoms. The highest BCUT2D eigenvalue weighted by Gasteiger charge is 2.20. The summed E-state index contributed by atoms with van der Waals surface area (Å²) in [4.78, 5) is 22.2. The number of hydroxylamine groups is 1. The van der Waals surface area contributed by atoms with Crippen molar-refractivity contribution < 1.29 is 9.63 Å². The van der Waals surface area contributed by atoms with Crippen LogP contribution in [0.4, 0.5) is 11.5 Å². The molecule has 3 aromatic rings. The van der Waals surface area contributed by atoms with E-state index >= 15 is 0 Å². The number of hydrogen-bond donors (Lipinski definition) is 2. The van der Waals surface area contributed by atoms with E-state index in [1.54, 1.807) is 35.8 Å². The van der Waals surface area contributed by atoms with E-state index in [9.17, 15) is 4.79 Å². The highest BCUT2D eigenvalue weighted by atomic mass is 32.1. The Morgan fingerprint density at radius 1 is 1.10 bits per heavy atom. The molecule has 7 nitrogen and oxygen atoms in total. The molecule has 1 saturated heterocycles. The number of piperazine rings is 1. The van der Waals surface area contributed by atoms with Crippen LogP contribution in [0.3, 0.4) is 0 Å². The third kappa shape index (κ3) is 4.67. The number of nitrogens with one attached hydrogen (secondary N) is 1. The average Bonchev–Trinajstić information content (AvgIpc) is 3.18. The van der Waals surface area contributed by atoms with Gasteiger partial charge in [0.05, 0.1) is 16.9 Å². The van der Waals surface area contributed by atoms with E-state index in [-0.39, 0.29) is 5.91 Å². The number of carbonyl (C=O) groups excluding carboxylic acids is 1. The summed E-state index contributed by atoms with van der Waals surface area (Å²) in [5, 5.41) is 1.24. The Morgan fingerprint density at radius 3 is 2.69 bits per heavy atom. The van der Waals surface area contributed by atoms with E-state index in [0.29, 0.717) is 17.9 Å². The Labute approximate surface area is 174 Å². The standard InChI is InChI=1S/C21H25N5O2S/c22-18-8-3-1-6-16(18)21(27)23-28-15-5-10-25-11-13-26(14-12-25)20-17-7-2-4-9-19(17)29-24-20/h1-4,6-9H,5,10-15,22H2,(H,23,27). The molecule has 1 aliphatic heterocycles. The predicted molar refractivity (Wildman–Crippen MR) is 117 cm³/mol. The van der Waals surface area contributed by atoms with Crippen molar-refractivity contribution in [3.63, 3.8) is 0 Å². The molecule has 152 valence electrons. The molecule has 1 amide bonds. The summed E-state index contributed by atoms with van der Waals surface area (Å²) >= 11 is 1.57. The van der Waals surface area contributed by atoms with Gasteiger partial charge in [0.1, 0.15) is 5.82 Å². The summed E-state index contributed by atoms with van der Waals surface area (Å²) in [6.07, 6.45) is 0.851. The van der Waals surface area contributed by atoms with Crippen molar-refractivity contribution in [3.8, 4) is 0 Å². The normalized spacial score (nSPS) is 15.0. The minimum Gasteiger partial charge on any atom is -0.398 e. The Hall–Kier alpha value is -2.68. The maximum Gasteiger partial charge on any atom is 0.276 e. The van der Waals surface area contributed by atoms with Crippen LogP contribution in [0.5, 0.6) is 0 Å². The van der Waals surface area contributed by atoms with E-state index in [4.69, 9.17) is 10.6 Å². The molecule has 0 radical (unpaired) electrons. The first-order valence-electron chi connectivity index (χ1n) is 9.81. The smallest absolute Gasteiger partial charge is 0.276 e. The fourth-order valence-corrected chi connectivity index (χ4v) is 4.32. The molecule has 4 rings (SSSR count). The first-order chi connectivity index (χ1) is 14.2. The zero-order valence-corrected chi connectivity index (χ0v) is 17.0. The molecule has 0 saturated carbocycles. The molecular weight excluding hydrogens is 386 g/mol. The molecule has 1 aromatic heterocycles. The zero-order chi connectivity index (χ0) is 20.1. The molecule has 3 N–H and O–H groups in total. The molecule has 0 unspecified atom stereocenters. The SMILES string of the molecule is Nc1ccccc1C(=O)NOCCCN1CCN(c2nsc3ccccc23)CC1. The molecule has 2 aromatic carbocycles. The highest BCUT2D eigenvalue weighted by Crippen LogP contribution is 2.29. The number of nitrogen functional groups attached to an aromatic ring is 1. The van der Waals surface area contributed by atoms with Gasteiger partial charge in [0.15, 0.2) is 0 Å². The quantitative estimate of drug-likeness (QED) is 0.353. The third-order valence-corrected chi connectivity index (χ3v) is 5.94. The maximum absolute atomic E-state index is 12.0. The summed E-state index contributed by atoms with van der Waals surface area (Å²) in [5.41, 5.74) is 9.14. The van der Waals surface area contributed by atoms with E-state index < -0.39 is 0 Å². The number of nitrogens with zero attached hydrogens (tertiary/aromatic N) is 3. The second-order valence-electron chi connectivity index (χ2n) is 7.05. The van der Waals surface area contributed by atoms with Gasteiger partial charge < -0.3 is 10.6 Å². The number of para-hydroxylation sites is 1. The Kier molecular flexibility index (Phi) is 6.24. The zero-order valence-electron chi connectivity index (χ0n) is 16.2. The van der Waals surface area contributed by atoms with Gasteiger partial charge in [0.2, 0.25) is 0 Å². The predicted octanol–water partition coefficient (Wildman–Crippen LogP) is 2.75. The topological polar surface area (TPSA) is 83.7 Å². The van der Waals surface area contributed by atoms with Gasteiger partial charge in [-0.3, -0.25) is 14.5 Å². The van der Waals surface area contributed by atoms with Crippen molar-refractivity contribution in [2.24, 2.45) is 0 Å². The molecule has 8 heteroatoms. The average molecular weight is 412 g/mol. The van der Waals surface area contributed by atoms with Gasteiger partial charge in [-0.15, -0.1) is 0 Å². The monoisotopic (exact) mass is 411 g/mol. The summed E-state index contributed by atoms with van der Waals surface area (Å²) < 4.78 is 5.90. The molecule has 0 aliphatic carbocycles. The van der Waals surface area contributed by atoms with Gasteiger partial charge in [0.25, 0.3) is 5.91 Å². The third-order valence-electron chi connectivity index (χ3n) is 5.12. The van der Waals surface area contributed by atoms with Crippen molar-refractivity contribution in [2.75, 3.05) is 50.0 Å². The lowest BCUT2D eigenvalue weighted by molar-refractivity contribution is 0.0277. The second-order valence-corrected chi connectivity index (χ2v) is 7.86. The molecule has 1 aliphatic rings. The number of benzene rings is 2. The van der Waals surface area contributed by atoms with E-state index in [1.807, 2.05) is 0 Å². The van der Waals surface area contributed by atoms with Crippen molar-refractivity contribution in [1.82, 2.24) is 14.8 Å². The van der Waals surface area contributed by atoms with Crippen LogP contribution < -0.4 is 16.1 Å². The minimum atomic E-state index is -0.313. The van der Waals surface area contributed by atoms with Gasteiger partial charge in [-0.25, -0.2) is 5.48 Å². The Morgan fingerprint density at radius 2 is 1.86 bits per heavy atom. The number of hydrogen-bond acceptors (Lipinski definition) is 7. The summed E-state index contributed by atoms with van der Waals surface area (Å²) in [6, 6.07) is 15.3. The fourth-order valence-electron chi connectivity index (χ4n) is 3.52. The van der Waals surface area contributed by atoms with Gasteiger partial charge in [0, 0.05) is 43.8 Å². The van der Waals surface area contributed by atoms with E-state index in [1.165, 1.54) is 10.1 Å². The van der Waals surface area contributed by atoms with E-state index in [2.05, 4.69) is 43.9 Å². The Bertz CT molecular complexity index is 968. The van der Waals surface area contributed by atoms with Gasteiger partial charge in [-0.1, -0.05) is 24.3 Å². The van der Waals surface area contributed by atoms with Crippen molar-refractivity contribution >= 4 is 39.0 Å². The summed E-state index contributed by atoms with van der Waals surface area (Å²) in [7, 11) is 0. The summed E-state index contributed by atoms with van der Waals surface area (Å²) in [5.74, 6) is 0.795. The lowest BCUT2D eigenvalue weighted by Gasteiger charge is -2.35. The van der Waals surface area contributed by atoms with Crippen LogP contribution in [0.2, 0.25) is 0 Å². The molecule has 29 heavy (non-hydrogen) atoms. The Balaban J connectivity index is 1.16. The van der Waals surface area contributed by atoms with Crippen LogP contribution in [0, 0.1) is 0 Å². The molecule has 1 fully saturated rings. The molecule has 0 spiro atoms. The largest absolute Gasteiger partial charge is 0.398 e. The van der Waals surface area contributed by atoms with E-state index in [0.717, 1.165) is 45.0 Å². The minimum absolute atomic E-state index is 0.313. The number of carbonyl (C=O) groups is 1. The maximum atomic E-state index is 12.0. The molecular formula is C21H25N5O2S. The van der Waals surface area contributed by atoms with Crippen LogP contribution in [-0.2, 0) is 4.84 Å². The lowest BCUT2D eigenvalue weighted by Crippen LogP contribution is -2.47. The van der Waals surface area contributed by atoms with Crippen LogP contribution in [-0.4, -0.2) is 54.5 Å². The van der Waals surface area contributed by atoms with Crippen molar-refractivity contribution in [1.29, 1.82) is 0 Å².